The highest BCUT2D eigenvalue weighted by atomic mass is 16.5. The summed E-state index contributed by atoms with van der Waals surface area (Å²) in [4.78, 5) is 32.9. The van der Waals surface area contributed by atoms with Crippen LogP contribution in [0.25, 0.3) is 0 Å². The number of amides is 1. The van der Waals surface area contributed by atoms with Gasteiger partial charge in [0.1, 0.15) is 0 Å². The zero-order valence-corrected chi connectivity index (χ0v) is 17.2. The van der Waals surface area contributed by atoms with E-state index in [1.54, 1.807) is 7.05 Å². The lowest BCUT2D eigenvalue weighted by atomic mass is 9.98. The quantitative estimate of drug-likeness (QED) is 0.439. The Hall–Kier alpha value is -2.57. The van der Waals surface area contributed by atoms with Gasteiger partial charge in [-0.15, -0.1) is 0 Å². The second kappa shape index (κ2) is 11.3. The average Bonchev–Trinajstić information content (AvgIpc) is 2.73. The molecule has 1 fully saturated rings. The lowest BCUT2D eigenvalue weighted by molar-refractivity contribution is -0.149. The van der Waals surface area contributed by atoms with Crippen LogP contribution in [-0.4, -0.2) is 67.5 Å². The first-order valence-corrected chi connectivity index (χ1v) is 10.0. The SMILES string of the molecule is CCOC(=O)C1CCCN(C(=NC)NCC(=O)N(CC)Cc2ccccc2)C1. The van der Waals surface area contributed by atoms with Gasteiger partial charge in [-0.2, -0.15) is 0 Å². The maximum Gasteiger partial charge on any atom is 0.310 e. The number of carbonyl (C=O) groups is 2. The van der Waals surface area contributed by atoms with Crippen molar-refractivity contribution in [3.05, 3.63) is 35.9 Å². The number of hydrogen-bond donors (Lipinski definition) is 1. The van der Waals surface area contributed by atoms with Crippen molar-refractivity contribution < 1.29 is 14.3 Å². The number of rotatable bonds is 7. The number of esters is 1. The molecule has 0 bridgehead atoms. The monoisotopic (exact) mass is 388 g/mol. The summed E-state index contributed by atoms with van der Waals surface area (Å²) in [5, 5.41) is 3.16. The van der Waals surface area contributed by atoms with Crippen molar-refractivity contribution >= 4 is 17.8 Å². The van der Waals surface area contributed by atoms with Crippen molar-refractivity contribution in [2.75, 3.05) is 39.8 Å². The third-order valence-electron chi connectivity index (χ3n) is 4.90. The van der Waals surface area contributed by atoms with E-state index in [-0.39, 0.29) is 24.3 Å². The molecule has 1 N–H and O–H groups in total. The first-order valence-electron chi connectivity index (χ1n) is 10.0. The summed E-state index contributed by atoms with van der Waals surface area (Å²) >= 11 is 0. The second-order valence-electron chi connectivity index (χ2n) is 6.83. The van der Waals surface area contributed by atoms with E-state index in [1.165, 1.54) is 0 Å². The number of likely N-dealkylation sites (tertiary alicyclic amines) is 1. The fourth-order valence-corrected chi connectivity index (χ4v) is 3.40. The average molecular weight is 389 g/mol. The molecule has 0 radical (unpaired) electrons. The summed E-state index contributed by atoms with van der Waals surface area (Å²) in [7, 11) is 1.70. The van der Waals surface area contributed by atoms with Gasteiger partial charge >= 0.3 is 5.97 Å². The van der Waals surface area contributed by atoms with Crippen molar-refractivity contribution in [2.24, 2.45) is 10.9 Å². The van der Waals surface area contributed by atoms with Crippen LogP contribution in [0, 0.1) is 5.92 Å². The summed E-state index contributed by atoms with van der Waals surface area (Å²) in [5.41, 5.74) is 1.11. The van der Waals surface area contributed by atoms with Crippen LogP contribution in [0.5, 0.6) is 0 Å². The maximum atomic E-state index is 12.7. The first-order chi connectivity index (χ1) is 13.6. The number of benzene rings is 1. The number of ether oxygens (including phenoxy) is 1. The van der Waals surface area contributed by atoms with E-state index in [2.05, 4.69) is 10.3 Å². The number of nitrogens with one attached hydrogen (secondary N) is 1. The van der Waals surface area contributed by atoms with E-state index in [9.17, 15) is 9.59 Å². The molecule has 1 atom stereocenters. The van der Waals surface area contributed by atoms with Crippen LogP contribution in [0.3, 0.4) is 0 Å². The molecule has 1 aliphatic rings. The third kappa shape index (κ3) is 6.25. The molecule has 1 amide bonds. The maximum absolute atomic E-state index is 12.7. The Morgan fingerprint density at radius 1 is 1.29 bits per heavy atom. The van der Waals surface area contributed by atoms with Crippen molar-refractivity contribution in [1.82, 2.24) is 15.1 Å². The molecule has 1 aromatic rings. The molecule has 1 aliphatic heterocycles. The van der Waals surface area contributed by atoms with E-state index in [0.29, 0.717) is 32.2 Å². The predicted molar refractivity (Wildman–Crippen MR) is 110 cm³/mol. The minimum absolute atomic E-state index is 0.0199. The molecular formula is C21H32N4O3. The largest absolute Gasteiger partial charge is 0.466 e. The molecule has 7 heteroatoms. The topological polar surface area (TPSA) is 74.2 Å². The van der Waals surface area contributed by atoms with Crippen molar-refractivity contribution in [3.8, 4) is 0 Å². The first kappa shape index (κ1) is 21.7. The Morgan fingerprint density at radius 2 is 2.04 bits per heavy atom. The molecule has 0 aliphatic carbocycles. The lowest BCUT2D eigenvalue weighted by Crippen LogP contribution is -2.50. The minimum atomic E-state index is -0.154. The van der Waals surface area contributed by atoms with Gasteiger partial charge in [0.2, 0.25) is 5.91 Å². The number of piperidine rings is 1. The van der Waals surface area contributed by atoms with Crippen molar-refractivity contribution in [2.45, 2.75) is 33.2 Å². The van der Waals surface area contributed by atoms with E-state index in [0.717, 1.165) is 24.9 Å². The highest BCUT2D eigenvalue weighted by molar-refractivity contribution is 5.87. The molecule has 0 saturated carbocycles. The fourth-order valence-electron chi connectivity index (χ4n) is 3.40. The van der Waals surface area contributed by atoms with Gasteiger partial charge in [0.05, 0.1) is 19.1 Å². The number of hydrogen-bond acceptors (Lipinski definition) is 4. The molecule has 1 saturated heterocycles. The van der Waals surface area contributed by atoms with E-state index in [4.69, 9.17) is 4.74 Å². The molecule has 1 unspecified atom stereocenters. The Morgan fingerprint density at radius 3 is 2.68 bits per heavy atom. The van der Waals surface area contributed by atoms with E-state index in [1.807, 2.05) is 54.0 Å². The van der Waals surface area contributed by atoms with Crippen LogP contribution in [0.1, 0.15) is 32.3 Å². The van der Waals surface area contributed by atoms with Gasteiger partial charge in [-0.1, -0.05) is 30.3 Å². The van der Waals surface area contributed by atoms with Gasteiger partial charge < -0.3 is 19.9 Å². The second-order valence-corrected chi connectivity index (χ2v) is 6.83. The molecule has 2 rings (SSSR count). The Bertz CT molecular complexity index is 663. The summed E-state index contributed by atoms with van der Waals surface area (Å²) in [6, 6.07) is 9.96. The van der Waals surface area contributed by atoms with Crippen LogP contribution in [0.4, 0.5) is 0 Å². The zero-order chi connectivity index (χ0) is 20.4. The molecule has 1 heterocycles. The van der Waals surface area contributed by atoms with E-state index >= 15 is 0 Å². The Balaban J connectivity index is 1.89. The molecular weight excluding hydrogens is 356 g/mol. The zero-order valence-electron chi connectivity index (χ0n) is 17.2. The van der Waals surface area contributed by atoms with Gasteiger partial charge in [0.15, 0.2) is 5.96 Å². The summed E-state index contributed by atoms with van der Waals surface area (Å²) in [6.45, 7) is 6.97. The van der Waals surface area contributed by atoms with Crippen LogP contribution < -0.4 is 5.32 Å². The van der Waals surface area contributed by atoms with Crippen LogP contribution in [-0.2, 0) is 20.9 Å². The molecule has 0 aromatic heterocycles. The number of guanidine groups is 1. The normalized spacial score (nSPS) is 17.2. The van der Waals surface area contributed by atoms with Crippen molar-refractivity contribution in [1.29, 1.82) is 0 Å². The van der Waals surface area contributed by atoms with Crippen molar-refractivity contribution in [3.63, 3.8) is 0 Å². The number of likely N-dealkylation sites (N-methyl/N-ethyl adjacent to an activating group) is 1. The van der Waals surface area contributed by atoms with Gasteiger partial charge in [-0.3, -0.25) is 14.6 Å². The third-order valence-corrected chi connectivity index (χ3v) is 4.90. The number of aliphatic imine (C=N–C) groups is 1. The van der Waals surface area contributed by atoms with Gasteiger partial charge in [0.25, 0.3) is 0 Å². The fraction of sp³-hybridized carbons (Fsp3) is 0.571. The molecule has 28 heavy (non-hydrogen) atoms. The molecule has 154 valence electrons. The summed E-state index contributed by atoms with van der Waals surface area (Å²) < 4.78 is 5.16. The molecule has 7 nitrogen and oxygen atoms in total. The smallest absolute Gasteiger partial charge is 0.310 e. The lowest BCUT2D eigenvalue weighted by Gasteiger charge is -2.34. The standard InChI is InChI=1S/C21H32N4O3/c1-4-24(15-17-10-7-6-8-11-17)19(26)14-23-21(22-3)25-13-9-12-18(16-25)20(27)28-5-2/h6-8,10-11,18H,4-5,9,12-16H2,1-3H3,(H,22,23). The Labute approximate surface area is 167 Å². The molecule has 0 spiro atoms. The van der Waals surface area contributed by atoms with E-state index < -0.39 is 0 Å². The minimum Gasteiger partial charge on any atom is -0.466 e. The van der Waals surface area contributed by atoms with Crippen LogP contribution in [0.2, 0.25) is 0 Å². The van der Waals surface area contributed by atoms with Gasteiger partial charge in [-0.25, -0.2) is 0 Å². The van der Waals surface area contributed by atoms with Crippen LogP contribution >= 0.6 is 0 Å². The highest BCUT2D eigenvalue weighted by Gasteiger charge is 2.28. The summed E-state index contributed by atoms with van der Waals surface area (Å²) in [6.07, 6.45) is 1.72. The Kier molecular flexibility index (Phi) is 8.78. The highest BCUT2D eigenvalue weighted by Crippen LogP contribution is 2.18. The van der Waals surface area contributed by atoms with Gasteiger partial charge in [-0.05, 0) is 32.3 Å². The number of nitrogens with zero attached hydrogens (tertiary/aromatic N) is 3. The number of carbonyl (C=O) groups excluding carboxylic acids is 2. The van der Waals surface area contributed by atoms with Crippen LogP contribution in [0.15, 0.2) is 35.3 Å². The summed E-state index contributed by atoms with van der Waals surface area (Å²) in [5.74, 6) is 0.372. The van der Waals surface area contributed by atoms with Gasteiger partial charge in [0, 0.05) is 33.2 Å². The predicted octanol–water partition coefficient (Wildman–Crippen LogP) is 1.89. The molecule has 1 aromatic carbocycles.